The van der Waals surface area contributed by atoms with Crippen LogP contribution in [0.15, 0.2) is 71.3 Å². The van der Waals surface area contributed by atoms with Gasteiger partial charge in [-0.25, -0.2) is 9.59 Å². The highest BCUT2D eigenvalue weighted by Crippen LogP contribution is 2.23. The van der Waals surface area contributed by atoms with Crippen molar-refractivity contribution in [1.82, 2.24) is 20.4 Å². The molecule has 3 aromatic rings. The Labute approximate surface area is 235 Å². The number of nitrogens with zero attached hydrogens (tertiary/aromatic N) is 4. The van der Waals surface area contributed by atoms with Gasteiger partial charge in [0.1, 0.15) is 0 Å². The van der Waals surface area contributed by atoms with Gasteiger partial charge >= 0.3 is 11.9 Å². The SMILES string of the molecule is O=C(NCCCC1CCN(Cc2ccccc2)CC1)c1noc(-c2ccc([N+](=O)[O-])cc2)n1.O=C(O)C=CC(=O)O. The van der Waals surface area contributed by atoms with Crippen LogP contribution in [0.4, 0.5) is 5.69 Å². The van der Waals surface area contributed by atoms with Crippen molar-refractivity contribution < 1.29 is 34.0 Å². The number of nitrogens with one attached hydrogen (secondary N) is 1. The standard InChI is InChI=1S/C24H27N5O4.C4H4O4/c30-23(22-26-24(33-27-22)20-8-10-21(11-9-20)29(31)32)25-14-4-7-18-12-15-28(16-13-18)17-19-5-2-1-3-6-19;5-3(6)1-2-4(7)8/h1-3,5-6,8-11,18H,4,7,12-17H2,(H,25,30);1-2H,(H,5,6)(H,7,8). The van der Waals surface area contributed by atoms with E-state index in [0.717, 1.165) is 32.5 Å². The van der Waals surface area contributed by atoms with Gasteiger partial charge in [0.2, 0.25) is 0 Å². The van der Waals surface area contributed by atoms with Crippen molar-refractivity contribution in [3.05, 3.63) is 88.3 Å². The smallest absolute Gasteiger partial charge is 0.328 e. The molecule has 1 aliphatic rings. The molecule has 1 aliphatic heterocycles. The number of carbonyl (C=O) groups excluding carboxylic acids is 1. The molecule has 0 spiro atoms. The fourth-order valence-corrected chi connectivity index (χ4v) is 4.25. The van der Waals surface area contributed by atoms with E-state index in [0.29, 0.717) is 30.2 Å². The Balaban J connectivity index is 0.000000507. The summed E-state index contributed by atoms with van der Waals surface area (Å²) in [6.07, 6.45) is 5.47. The number of hydrogen-bond donors (Lipinski definition) is 3. The summed E-state index contributed by atoms with van der Waals surface area (Å²) in [6, 6.07) is 16.3. The van der Waals surface area contributed by atoms with Crippen LogP contribution >= 0.6 is 0 Å². The van der Waals surface area contributed by atoms with Crippen molar-refractivity contribution in [2.24, 2.45) is 5.92 Å². The maximum atomic E-state index is 12.3. The summed E-state index contributed by atoms with van der Waals surface area (Å²) < 4.78 is 5.13. The molecule has 1 fully saturated rings. The Kier molecular flexibility index (Phi) is 11.7. The molecule has 0 unspecified atom stereocenters. The van der Waals surface area contributed by atoms with Crippen LogP contribution in [0.25, 0.3) is 11.5 Å². The fraction of sp³-hybridized carbons (Fsp3) is 0.321. The van der Waals surface area contributed by atoms with E-state index in [-0.39, 0.29) is 23.3 Å². The molecule has 2 heterocycles. The number of nitro benzene ring substituents is 1. The Morgan fingerprint density at radius 1 is 1.02 bits per heavy atom. The van der Waals surface area contributed by atoms with Gasteiger partial charge in [-0.15, -0.1) is 0 Å². The van der Waals surface area contributed by atoms with Crippen LogP contribution in [0, 0.1) is 16.0 Å². The maximum Gasteiger partial charge on any atom is 0.328 e. The summed E-state index contributed by atoms with van der Waals surface area (Å²) >= 11 is 0. The first-order chi connectivity index (χ1) is 19.7. The molecule has 4 rings (SSSR count). The largest absolute Gasteiger partial charge is 0.478 e. The molecule has 13 nitrogen and oxygen atoms in total. The third-order valence-electron chi connectivity index (χ3n) is 6.35. The minimum atomic E-state index is -1.26. The van der Waals surface area contributed by atoms with Crippen LogP contribution < -0.4 is 5.32 Å². The Hall–Kier alpha value is -4.91. The van der Waals surface area contributed by atoms with E-state index in [4.69, 9.17) is 14.7 Å². The molecule has 0 saturated carbocycles. The lowest BCUT2D eigenvalue weighted by molar-refractivity contribution is -0.384. The van der Waals surface area contributed by atoms with Gasteiger partial charge < -0.3 is 20.1 Å². The van der Waals surface area contributed by atoms with Crippen molar-refractivity contribution in [2.45, 2.75) is 32.2 Å². The Morgan fingerprint density at radius 3 is 2.24 bits per heavy atom. The van der Waals surface area contributed by atoms with Crippen LogP contribution in [0.3, 0.4) is 0 Å². The van der Waals surface area contributed by atoms with Gasteiger partial charge in [-0.2, -0.15) is 4.98 Å². The summed E-state index contributed by atoms with van der Waals surface area (Å²) in [5.74, 6) is -2.10. The normalized spacial score (nSPS) is 13.8. The number of likely N-dealkylation sites (tertiary alicyclic amines) is 1. The number of aromatic nitrogens is 2. The molecule has 216 valence electrons. The molecule has 0 bridgehead atoms. The summed E-state index contributed by atoms with van der Waals surface area (Å²) in [5.41, 5.74) is 1.85. The predicted octanol–water partition coefficient (Wildman–Crippen LogP) is 3.78. The average molecular weight is 566 g/mol. The molecule has 0 atom stereocenters. The van der Waals surface area contributed by atoms with Crippen molar-refractivity contribution >= 4 is 23.5 Å². The zero-order chi connectivity index (χ0) is 29.6. The number of carbonyl (C=O) groups is 3. The Morgan fingerprint density at radius 2 is 1.66 bits per heavy atom. The van der Waals surface area contributed by atoms with Crippen LogP contribution in [-0.4, -0.2) is 67.7 Å². The van der Waals surface area contributed by atoms with Gasteiger partial charge in [0, 0.05) is 42.9 Å². The van der Waals surface area contributed by atoms with E-state index in [1.807, 2.05) is 6.07 Å². The number of rotatable bonds is 11. The molecular weight excluding hydrogens is 534 g/mol. The van der Waals surface area contributed by atoms with Crippen LogP contribution in [0.2, 0.25) is 0 Å². The number of carboxylic acid groups (broad SMARTS) is 2. The zero-order valence-corrected chi connectivity index (χ0v) is 22.2. The second-order valence-corrected chi connectivity index (χ2v) is 9.34. The first-order valence-electron chi connectivity index (χ1n) is 13.0. The summed E-state index contributed by atoms with van der Waals surface area (Å²) in [6.45, 7) is 3.79. The number of amides is 1. The number of hydrogen-bond acceptors (Lipinski definition) is 9. The van der Waals surface area contributed by atoms with E-state index < -0.39 is 16.9 Å². The first-order valence-corrected chi connectivity index (χ1v) is 13.0. The maximum absolute atomic E-state index is 12.3. The van der Waals surface area contributed by atoms with Crippen LogP contribution in [0.1, 0.15) is 41.9 Å². The molecule has 3 N–H and O–H groups in total. The highest BCUT2D eigenvalue weighted by molar-refractivity contribution is 5.90. The molecule has 0 aliphatic carbocycles. The summed E-state index contributed by atoms with van der Waals surface area (Å²) in [7, 11) is 0. The van der Waals surface area contributed by atoms with E-state index in [1.54, 1.807) is 0 Å². The topological polar surface area (TPSA) is 189 Å². The lowest BCUT2D eigenvalue weighted by Gasteiger charge is -2.32. The number of benzene rings is 2. The van der Waals surface area contributed by atoms with Crippen molar-refractivity contribution in [3.8, 4) is 11.5 Å². The van der Waals surface area contributed by atoms with Gasteiger partial charge in [-0.1, -0.05) is 35.5 Å². The first kappa shape index (κ1) is 30.6. The third kappa shape index (κ3) is 10.6. The van der Waals surface area contributed by atoms with Gasteiger partial charge in [-0.05, 0) is 62.4 Å². The number of aliphatic carboxylic acids is 2. The number of nitro groups is 1. The molecule has 2 aromatic carbocycles. The summed E-state index contributed by atoms with van der Waals surface area (Å²) in [5, 5.41) is 32.9. The van der Waals surface area contributed by atoms with Crippen LogP contribution in [-0.2, 0) is 16.1 Å². The molecule has 0 radical (unpaired) electrons. The minimum Gasteiger partial charge on any atom is -0.478 e. The van der Waals surface area contributed by atoms with E-state index >= 15 is 0 Å². The van der Waals surface area contributed by atoms with Crippen molar-refractivity contribution in [1.29, 1.82) is 0 Å². The van der Waals surface area contributed by atoms with Crippen molar-refractivity contribution in [3.63, 3.8) is 0 Å². The predicted molar refractivity (Wildman–Crippen MR) is 147 cm³/mol. The third-order valence-corrected chi connectivity index (χ3v) is 6.35. The summed E-state index contributed by atoms with van der Waals surface area (Å²) in [4.78, 5) is 48.3. The molecule has 41 heavy (non-hydrogen) atoms. The quantitative estimate of drug-likeness (QED) is 0.133. The van der Waals surface area contributed by atoms with Crippen molar-refractivity contribution in [2.75, 3.05) is 19.6 Å². The van der Waals surface area contributed by atoms with Gasteiger partial charge in [-0.3, -0.25) is 19.8 Å². The number of carboxylic acids is 2. The minimum absolute atomic E-state index is 0.0295. The molecule has 1 saturated heterocycles. The number of piperidine rings is 1. The Bertz CT molecular complexity index is 1320. The average Bonchev–Trinajstić information content (AvgIpc) is 3.47. The fourth-order valence-electron chi connectivity index (χ4n) is 4.25. The zero-order valence-electron chi connectivity index (χ0n) is 22.2. The van der Waals surface area contributed by atoms with Gasteiger partial charge in [0.05, 0.1) is 4.92 Å². The lowest BCUT2D eigenvalue weighted by atomic mass is 9.92. The number of non-ortho nitro benzene ring substituents is 1. The molecule has 1 amide bonds. The van der Waals surface area contributed by atoms with Gasteiger partial charge in [0.25, 0.3) is 23.3 Å². The molecule has 13 heteroatoms. The molecule has 1 aromatic heterocycles. The molecular formula is C28H31N5O8. The van der Waals surface area contributed by atoms with Crippen LogP contribution in [0.5, 0.6) is 0 Å². The van der Waals surface area contributed by atoms with E-state index in [2.05, 4.69) is 44.6 Å². The highest BCUT2D eigenvalue weighted by Gasteiger charge is 2.20. The lowest BCUT2D eigenvalue weighted by Crippen LogP contribution is -2.33. The van der Waals surface area contributed by atoms with E-state index in [1.165, 1.54) is 42.7 Å². The second kappa shape index (κ2) is 15.6. The monoisotopic (exact) mass is 565 g/mol. The highest BCUT2D eigenvalue weighted by atomic mass is 16.6. The second-order valence-electron chi connectivity index (χ2n) is 9.34. The van der Waals surface area contributed by atoms with Gasteiger partial charge in [0.15, 0.2) is 0 Å². The van der Waals surface area contributed by atoms with E-state index in [9.17, 15) is 24.5 Å².